The summed E-state index contributed by atoms with van der Waals surface area (Å²) < 4.78 is 0. The highest BCUT2D eigenvalue weighted by molar-refractivity contribution is 5.32. The van der Waals surface area contributed by atoms with E-state index in [0.717, 1.165) is 19.4 Å². The van der Waals surface area contributed by atoms with Gasteiger partial charge >= 0.3 is 0 Å². The maximum Gasteiger partial charge on any atom is 0.290 e. The van der Waals surface area contributed by atoms with Crippen LogP contribution in [0.5, 0.6) is 0 Å². The Kier molecular flexibility index (Phi) is 6.70. The summed E-state index contributed by atoms with van der Waals surface area (Å²) in [5.74, 6) is 0. The van der Waals surface area contributed by atoms with E-state index in [1.807, 2.05) is 0 Å². The second kappa shape index (κ2) is 7.06. The predicted molar refractivity (Wildman–Crippen MR) is 46.0 cm³/mol. The minimum Gasteiger partial charge on any atom is -0.483 e. The van der Waals surface area contributed by atoms with Crippen LogP contribution >= 0.6 is 0 Å². The van der Waals surface area contributed by atoms with E-state index >= 15 is 0 Å². The van der Waals surface area contributed by atoms with Crippen molar-refractivity contribution in [2.24, 2.45) is 0 Å². The van der Waals surface area contributed by atoms with Crippen LogP contribution in [-0.4, -0.2) is 35.4 Å². The topological polar surface area (TPSA) is 69.6 Å². The molecule has 1 aliphatic heterocycles. The number of β-amino-alcohol motifs (C(OH)–C–C–N with tert-alkyl or cyclic N) is 1. The number of hydrogen-bond acceptors (Lipinski definition) is 3. The van der Waals surface area contributed by atoms with E-state index in [2.05, 4.69) is 12.2 Å². The molecule has 0 aromatic carbocycles. The molecule has 1 aliphatic rings. The van der Waals surface area contributed by atoms with Gasteiger partial charge in [0.05, 0.1) is 6.10 Å². The van der Waals surface area contributed by atoms with E-state index in [4.69, 9.17) is 15.0 Å². The summed E-state index contributed by atoms with van der Waals surface area (Å²) in [6.07, 6.45) is 3.21. The van der Waals surface area contributed by atoms with Gasteiger partial charge in [-0.05, 0) is 19.3 Å². The molecule has 2 atom stereocenters. The Labute approximate surface area is 72.6 Å². The Morgan fingerprint density at radius 3 is 2.50 bits per heavy atom. The molecule has 1 fully saturated rings. The van der Waals surface area contributed by atoms with Gasteiger partial charge in [0.25, 0.3) is 6.47 Å². The Morgan fingerprint density at radius 2 is 2.17 bits per heavy atom. The van der Waals surface area contributed by atoms with Crippen molar-refractivity contribution in [3.05, 3.63) is 0 Å². The summed E-state index contributed by atoms with van der Waals surface area (Å²) in [4.78, 5) is 8.36. The number of piperidine rings is 1. The quantitative estimate of drug-likeness (QED) is 0.498. The van der Waals surface area contributed by atoms with Gasteiger partial charge in [0.2, 0.25) is 0 Å². The van der Waals surface area contributed by atoms with Crippen molar-refractivity contribution in [1.82, 2.24) is 5.32 Å². The molecule has 1 rings (SSSR count). The molecule has 1 saturated heterocycles. The van der Waals surface area contributed by atoms with Crippen molar-refractivity contribution in [3.8, 4) is 0 Å². The molecule has 0 saturated carbocycles. The van der Waals surface area contributed by atoms with Crippen molar-refractivity contribution in [2.75, 3.05) is 6.54 Å². The first-order chi connectivity index (χ1) is 5.74. The van der Waals surface area contributed by atoms with Crippen molar-refractivity contribution >= 4 is 6.47 Å². The second-order valence-corrected chi connectivity index (χ2v) is 2.85. The number of hydrogen-bond donors (Lipinski definition) is 3. The standard InChI is InChI=1S/C7H15NO.CH2O2/c1-2-6-3-4-7(9)5-8-6;2-1-3/h6-9H,2-5H2,1H3;1H,(H,2,3). The first-order valence-corrected chi connectivity index (χ1v) is 4.23. The Hall–Kier alpha value is -0.610. The fourth-order valence-corrected chi connectivity index (χ4v) is 1.25. The molecule has 12 heavy (non-hydrogen) atoms. The third-order valence-electron chi connectivity index (χ3n) is 1.98. The average Bonchev–Trinajstić information content (AvgIpc) is 2.07. The lowest BCUT2D eigenvalue weighted by Gasteiger charge is -2.25. The molecule has 0 spiro atoms. The largest absolute Gasteiger partial charge is 0.483 e. The predicted octanol–water partition coefficient (Wildman–Crippen LogP) is 0.210. The Morgan fingerprint density at radius 1 is 1.58 bits per heavy atom. The first kappa shape index (κ1) is 11.4. The van der Waals surface area contributed by atoms with Crippen LogP contribution in [0.4, 0.5) is 0 Å². The monoisotopic (exact) mass is 175 g/mol. The molecule has 1 heterocycles. The molecule has 0 aliphatic carbocycles. The highest BCUT2D eigenvalue weighted by Crippen LogP contribution is 2.09. The van der Waals surface area contributed by atoms with E-state index in [1.54, 1.807) is 0 Å². The van der Waals surface area contributed by atoms with Crippen LogP contribution in [0.1, 0.15) is 26.2 Å². The SMILES string of the molecule is CCC1CCC(O)CN1.O=CO. The van der Waals surface area contributed by atoms with Crippen LogP contribution in [-0.2, 0) is 4.79 Å². The smallest absolute Gasteiger partial charge is 0.290 e. The molecule has 72 valence electrons. The van der Waals surface area contributed by atoms with Gasteiger partial charge in [-0.3, -0.25) is 4.79 Å². The van der Waals surface area contributed by atoms with Gasteiger partial charge in [0, 0.05) is 12.6 Å². The average molecular weight is 175 g/mol. The van der Waals surface area contributed by atoms with Crippen molar-refractivity contribution < 1.29 is 15.0 Å². The van der Waals surface area contributed by atoms with E-state index in [0.29, 0.717) is 6.04 Å². The zero-order chi connectivity index (χ0) is 9.40. The van der Waals surface area contributed by atoms with Gasteiger partial charge in [-0.25, -0.2) is 0 Å². The zero-order valence-corrected chi connectivity index (χ0v) is 7.36. The molecule has 0 aromatic rings. The minimum absolute atomic E-state index is 0.0900. The van der Waals surface area contributed by atoms with Gasteiger partial charge in [0.15, 0.2) is 0 Å². The third-order valence-corrected chi connectivity index (χ3v) is 1.98. The maximum atomic E-state index is 9.06. The summed E-state index contributed by atoms with van der Waals surface area (Å²) >= 11 is 0. The van der Waals surface area contributed by atoms with Crippen LogP contribution in [0, 0.1) is 0 Å². The van der Waals surface area contributed by atoms with Crippen molar-refractivity contribution in [3.63, 3.8) is 0 Å². The Balaban J connectivity index is 0.000000354. The molecule has 0 aromatic heterocycles. The summed E-state index contributed by atoms with van der Waals surface area (Å²) in [6, 6.07) is 0.661. The van der Waals surface area contributed by atoms with Gasteiger partial charge in [-0.1, -0.05) is 6.92 Å². The van der Waals surface area contributed by atoms with E-state index in [1.165, 1.54) is 6.42 Å². The number of carbonyl (C=O) groups is 1. The van der Waals surface area contributed by atoms with Crippen LogP contribution in [0.2, 0.25) is 0 Å². The molecule has 4 nitrogen and oxygen atoms in total. The number of aliphatic hydroxyl groups excluding tert-OH is 1. The fourth-order valence-electron chi connectivity index (χ4n) is 1.25. The maximum absolute atomic E-state index is 9.06. The van der Waals surface area contributed by atoms with Crippen molar-refractivity contribution in [1.29, 1.82) is 0 Å². The van der Waals surface area contributed by atoms with Gasteiger partial charge in [-0.15, -0.1) is 0 Å². The molecule has 0 amide bonds. The molecule has 2 unspecified atom stereocenters. The number of rotatable bonds is 1. The lowest BCUT2D eigenvalue weighted by Crippen LogP contribution is -2.40. The third kappa shape index (κ3) is 5.09. The van der Waals surface area contributed by atoms with Crippen LogP contribution in [0.25, 0.3) is 0 Å². The molecular weight excluding hydrogens is 158 g/mol. The molecular formula is C8H17NO3. The van der Waals surface area contributed by atoms with E-state index in [-0.39, 0.29) is 12.6 Å². The summed E-state index contributed by atoms with van der Waals surface area (Å²) in [5.41, 5.74) is 0. The van der Waals surface area contributed by atoms with Gasteiger partial charge < -0.3 is 15.5 Å². The highest BCUT2D eigenvalue weighted by atomic mass is 16.3. The first-order valence-electron chi connectivity index (χ1n) is 4.23. The summed E-state index contributed by atoms with van der Waals surface area (Å²) in [6.45, 7) is 2.72. The molecule has 0 radical (unpaired) electrons. The molecule has 3 N–H and O–H groups in total. The van der Waals surface area contributed by atoms with Crippen molar-refractivity contribution in [2.45, 2.75) is 38.3 Å². The molecule has 4 heteroatoms. The normalized spacial score (nSPS) is 28.5. The highest BCUT2D eigenvalue weighted by Gasteiger charge is 2.15. The zero-order valence-electron chi connectivity index (χ0n) is 7.36. The van der Waals surface area contributed by atoms with Crippen LogP contribution in [0.15, 0.2) is 0 Å². The Bertz CT molecular complexity index is 111. The number of carboxylic acid groups (broad SMARTS) is 1. The molecule has 0 bridgehead atoms. The minimum atomic E-state index is -0.250. The van der Waals surface area contributed by atoms with E-state index in [9.17, 15) is 0 Å². The number of aliphatic hydroxyl groups is 1. The summed E-state index contributed by atoms with van der Waals surface area (Å²) in [7, 11) is 0. The van der Waals surface area contributed by atoms with Crippen LogP contribution in [0.3, 0.4) is 0 Å². The van der Waals surface area contributed by atoms with Gasteiger partial charge in [-0.2, -0.15) is 0 Å². The fraction of sp³-hybridized carbons (Fsp3) is 0.875. The number of nitrogens with one attached hydrogen (secondary N) is 1. The lowest BCUT2D eigenvalue weighted by atomic mass is 10.0. The van der Waals surface area contributed by atoms with E-state index < -0.39 is 0 Å². The summed E-state index contributed by atoms with van der Waals surface area (Å²) in [5, 5.41) is 19.2. The van der Waals surface area contributed by atoms with Gasteiger partial charge in [0.1, 0.15) is 0 Å². The lowest BCUT2D eigenvalue weighted by molar-refractivity contribution is -0.122. The van der Waals surface area contributed by atoms with Crippen LogP contribution < -0.4 is 5.32 Å². The second-order valence-electron chi connectivity index (χ2n) is 2.85.